The third-order valence-corrected chi connectivity index (χ3v) is 5.94. The van der Waals surface area contributed by atoms with E-state index >= 15 is 0 Å². The van der Waals surface area contributed by atoms with Crippen molar-refractivity contribution in [3.63, 3.8) is 0 Å². The van der Waals surface area contributed by atoms with Crippen molar-refractivity contribution in [2.45, 2.75) is 53.0 Å². The first kappa shape index (κ1) is 19.7. The number of rotatable bonds is 3. The summed E-state index contributed by atoms with van der Waals surface area (Å²) >= 11 is 0. The third-order valence-electron chi connectivity index (χ3n) is 5.94. The number of hydrogen-bond donors (Lipinski definition) is 1. The molecule has 0 aromatic heterocycles. The molecule has 5 nitrogen and oxygen atoms in total. The van der Waals surface area contributed by atoms with Crippen molar-refractivity contribution in [1.29, 1.82) is 0 Å². The number of carbonyl (C=O) groups is 2. The number of carbonyl (C=O) groups excluding carboxylic acids is 2. The molecule has 2 fully saturated rings. The summed E-state index contributed by atoms with van der Waals surface area (Å²) in [6.07, 6.45) is 3.08. The highest BCUT2D eigenvalue weighted by atomic mass is 16.2. The van der Waals surface area contributed by atoms with E-state index in [2.05, 4.69) is 26.1 Å². The van der Waals surface area contributed by atoms with Crippen molar-refractivity contribution in [3.05, 3.63) is 29.3 Å². The molecule has 0 bridgehead atoms. The summed E-state index contributed by atoms with van der Waals surface area (Å²) in [6.45, 7) is 11.5. The summed E-state index contributed by atoms with van der Waals surface area (Å²) in [6, 6.07) is 6.35. The lowest BCUT2D eigenvalue weighted by Crippen LogP contribution is -2.42. The topological polar surface area (TPSA) is 52.7 Å². The van der Waals surface area contributed by atoms with E-state index in [4.69, 9.17) is 0 Å². The first-order chi connectivity index (χ1) is 12.8. The van der Waals surface area contributed by atoms with Gasteiger partial charge in [-0.15, -0.1) is 0 Å². The molecule has 1 aromatic carbocycles. The lowest BCUT2D eigenvalue weighted by Gasteiger charge is -2.35. The SMILES string of the molecule is CC(=O)N1CCC(Nc2cc(C(=O)N3CC(C)CC(C)C3)ccc2C)CC1. The highest BCUT2D eigenvalue weighted by molar-refractivity contribution is 5.95. The van der Waals surface area contributed by atoms with Gasteiger partial charge in [-0.2, -0.15) is 0 Å². The summed E-state index contributed by atoms with van der Waals surface area (Å²) in [4.78, 5) is 28.4. The van der Waals surface area contributed by atoms with Gasteiger partial charge in [0.2, 0.25) is 5.91 Å². The zero-order valence-electron chi connectivity index (χ0n) is 17.1. The maximum atomic E-state index is 13.0. The van der Waals surface area contributed by atoms with Crippen LogP contribution in [0.2, 0.25) is 0 Å². The second kappa shape index (κ2) is 8.32. The standard InChI is InChI=1S/C22H33N3O2/c1-15-11-16(2)14-25(13-15)22(27)19-6-5-17(3)21(12-19)23-20-7-9-24(10-8-20)18(4)26/h5-6,12,15-16,20,23H,7-11,13-14H2,1-4H3. The van der Waals surface area contributed by atoms with E-state index in [-0.39, 0.29) is 11.8 Å². The zero-order chi connectivity index (χ0) is 19.6. The second-order valence-electron chi connectivity index (χ2n) is 8.61. The second-order valence-corrected chi connectivity index (χ2v) is 8.61. The normalized spacial score (nSPS) is 24.0. The van der Waals surface area contributed by atoms with E-state index in [1.165, 1.54) is 6.42 Å². The number of amides is 2. The Bertz CT molecular complexity index is 685. The first-order valence-corrected chi connectivity index (χ1v) is 10.3. The van der Waals surface area contributed by atoms with Crippen LogP contribution >= 0.6 is 0 Å². The molecule has 2 aliphatic rings. The number of benzene rings is 1. The fourth-order valence-corrected chi connectivity index (χ4v) is 4.48. The largest absolute Gasteiger partial charge is 0.382 e. The van der Waals surface area contributed by atoms with Gasteiger partial charge in [0.1, 0.15) is 0 Å². The van der Waals surface area contributed by atoms with E-state index in [0.29, 0.717) is 17.9 Å². The fraction of sp³-hybridized carbons (Fsp3) is 0.636. The van der Waals surface area contributed by atoms with Gasteiger partial charge in [0.05, 0.1) is 0 Å². The third kappa shape index (κ3) is 4.82. The lowest BCUT2D eigenvalue weighted by molar-refractivity contribution is -0.129. The van der Waals surface area contributed by atoms with Gasteiger partial charge in [-0.1, -0.05) is 19.9 Å². The van der Waals surface area contributed by atoms with Crippen LogP contribution < -0.4 is 5.32 Å². The summed E-state index contributed by atoms with van der Waals surface area (Å²) in [7, 11) is 0. The molecule has 0 spiro atoms. The number of nitrogens with one attached hydrogen (secondary N) is 1. The van der Waals surface area contributed by atoms with Crippen LogP contribution in [0.5, 0.6) is 0 Å². The van der Waals surface area contributed by atoms with Crippen LogP contribution in [0.1, 0.15) is 56.0 Å². The first-order valence-electron chi connectivity index (χ1n) is 10.3. The molecular weight excluding hydrogens is 338 g/mol. The van der Waals surface area contributed by atoms with Crippen LogP contribution in [0, 0.1) is 18.8 Å². The Hall–Kier alpha value is -2.04. The van der Waals surface area contributed by atoms with Crippen molar-refractivity contribution in [2.24, 2.45) is 11.8 Å². The van der Waals surface area contributed by atoms with Gasteiger partial charge in [0.15, 0.2) is 0 Å². The van der Waals surface area contributed by atoms with Gasteiger partial charge >= 0.3 is 0 Å². The number of piperidine rings is 2. The minimum Gasteiger partial charge on any atom is -0.382 e. The van der Waals surface area contributed by atoms with Crippen LogP contribution in [-0.4, -0.2) is 53.8 Å². The number of nitrogens with zero attached hydrogens (tertiary/aromatic N) is 2. The molecule has 2 heterocycles. The van der Waals surface area contributed by atoms with E-state index in [1.54, 1.807) is 6.92 Å². The Balaban J connectivity index is 1.67. The zero-order valence-corrected chi connectivity index (χ0v) is 17.1. The number of aryl methyl sites for hydroxylation is 1. The smallest absolute Gasteiger partial charge is 0.253 e. The predicted octanol–water partition coefficient (Wildman–Crippen LogP) is 3.54. The quantitative estimate of drug-likeness (QED) is 0.884. The average Bonchev–Trinajstić information content (AvgIpc) is 2.62. The maximum Gasteiger partial charge on any atom is 0.253 e. The molecule has 0 saturated carbocycles. The highest BCUT2D eigenvalue weighted by Gasteiger charge is 2.27. The summed E-state index contributed by atoms with van der Waals surface area (Å²) in [5.41, 5.74) is 2.96. The minimum absolute atomic E-state index is 0.142. The molecule has 1 N–H and O–H groups in total. The van der Waals surface area contributed by atoms with Crippen LogP contribution in [-0.2, 0) is 4.79 Å². The minimum atomic E-state index is 0.142. The van der Waals surface area contributed by atoms with Gasteiger partial charge < -0.3 is 15.1 Å². The van der Waals surface area contributed by atoms with Crippen molar-refractivity contribution in [1.82, 2.24) is 9.80 Å². The van der Waals surface area contributed by atoms with Crippen molar-refractivity contribution in [2.75, 3.05) is 31.5 Å². The Morgan fingerprint density at radius 2 is 1.67 bits per heavy atom. The monoisotopic (exact) mass is 371 g/mol. The highest BCUT2D eigenvalue weighted by Crippen LogP contribution is 2.25. The number of anilines is 1. The van der Waals surface area contributed by atoms with Gasteiger partial charge in [0.25, 0.3) is 5.91 Å². The van der Waals surface area contributed by atoms with Gasteiger partial charge in [0, 0.05) is 50.4 Å². The molecule has 2 atom stereocenters. The van der Waals surface area contributed by atoms with Crippen LogP contribution in [0.25, 0.3) is 0 Å². The Kier molecular flexibility index (Phi) is 6.08. The van der Waals surface area contributed by atoms with Gasteiger partial charge in [-0.3, -0.25) is 9.59 Å². The summed E-state index contributed by atoms with van der Waals surface area (Å²) < 4.78 is 0. The predicted molar refractivity (Wildman–Crippen MR) is 109 cm³/mol. The molecule has 2 saturated heterocycles. The average molecular weight is 372 g/mol. The van der Waals surface area contributed by atoms with E-state index in [9.17, 15) is 9.59 Å². The molecule has 5 heteroatoms. The van der Waals surface area contributed by atoms with Crippen LogP contribution in [0.15, 0.2) is 18.2 Å². The summed E-state index contributed by atoms with van der Waals surface area (Å²) in [5, 5.41) is 3.62. The summed E-state index contributed by atoms with van der Waals surface area (Å²) in [5.74, 6) is 1.42. The van der Waals surface area contributed by atoms with E-state index < -0.39 is 0 Å². The van der Waals surface area contributed by atoms with Crippen molar-refractivity contribution < 1.29 is 9.59 Å². The number of likely N-dealkylation sites (tertiary alicyclic amines) is 2. The molecule has 27 heavy (non-hydrogen) atoms. The van der Waals surface area contributed by atoms with Crippen LogP contribution in [0.4, 0.5) is 5.69 Å². The molecule has 0 aliphatic carbocycles. The number of hydrogen-bond acceptors (Lipinski definition) is 3. The van der Waals surface area contributed by atoms with Crippen molar-refractivity contribution in [3.8, 4) is 0 Å². The van der Waals surface area contributed by atoms with Crippen molar-refractivity contribution >= 4 is 17.5 Å². The Morgan fingerprint density at radius 3 is 2.26 bits per heavy atom. The maximum absolute atomic E-state index is 13.0. The van der Waals surface area contributed by atoms with Gasteiger partial charge in [-0.25, -0.2) is 0 Å². The molecule has 3 rings (SSSR count). The van der Waals surface area contributed by atoms with Gasteiger partial charge in [-0.05, 0) is 55.7 Å². The fourth-order valence-electron chi connectivity index (χ4n) is 4.48. The lowest BCUT2D eigenvalue weighted by atomic mass is 9.91. The molecule has 1 aromatic rings. The Labute approximate surface area is 163 Å². The Morgan fingerprint density at radius 1 is 1.04 bits per heavy atom. The molecular formula is C22H33N3O2. The molecule has 148 valence electrons. The van der Waals surface area contributed by atoms with E-state index in [1.807, 2.05) is 28.0 Å². The molecule has 2 unspecified atom stereocenters. The molecule has 2 aliphatic heterocycles. The molecule has 0 radical (unpaired) electrons. The van der Waals surface area contributed by atoms with E-state index in [0.717, 1.165) is 55.8 Å². The molecule has 2 amide bonds. The van der Waals surface area contributed by atoms with Crippen LogP contribution in [0.3, 0.4) is 0 Å².